The zero-order valence-corrected chi connectivity index (χ0v) is 12.6. The molecule has 0 radical (unpaired) electrons. The zero-order chi connectivity index (χ0) is 13.4. The van der Waals surface area contributed by atoms with Gasteiger partial charge in [-0.2, -0.15) is 0 Å². The molecule has 0 spiro atoms. The maximum atomic E-state index is 12.0. The van der Waals surface area contributed by atoms with E-state index in [9.17, 15) is 4.21 Å². The standard InChI is InChI=1S/C15H25NOS/c1-4-6-11-18(17)12-15(16-5-2)14-9-7-13(3)8-10-14/h7-10,15-16H,4-6,11-12H2,1-3H3. The molecule has 0 heterocycles. The summed E-state index contributed by atoms with van der Waals surface area (Å²) in [6.45, 7) is 7.23. The molecule has 0 saturated carbocycles. The van der Waals surface area contributed by atoms with Crippen molar-refractivity contribution in [3.63, 3.8) is 0 Å². The van der Waals surface area contributed by atoms with Crippen molar-refractivity contribution in [1.82, 2.24) is 5.32 Å². The predicted molar refractivity (Wildman–Crippen MR) is 80.4 cm³/mol. The van der Waals surface area contributed by atoms with Gasteiger partial charge in [0.2, 0.25) is 0 Å². The second-order valence-corrected chi connectivity index (χ2v) is 6.31. The fourth-order valence-corrected chi connectivity index (χ4v) is 3.35. The summed E-state index contributed by atoms with van der Waals surface area (Å²) in [6.07, 6.45) is 2.17. The van der Waals surface area contributed by atoms with Gasteiger partial charge in [-0.05, 0) is 25.5 Å². The molecule has 1 N–H and O–H groups in total. The van der Waals surface area contributed by atoms with Crippen molar-refractivity contribution in [2.24, 2.45) is 0 Å². The summed E-state index contributed by atoms with van der Waals surface area (Å²) in [5.74, 6) is 1.54. The van der Waals surface area contributed by atoms with Gasteiger partial charge in [0, 0.05) is 28.3 Å². The van der Waals surface area contributed by atoms with Crippen molar-refractivity contribution in [2.75, 3.05) is 18.1 Å². The number of hydrogen-bond acceptors (Lipinski definition) is 2. The van der Waals surface area contributed by atoms with Gasteiger partial charge in [-0.3, -0.25) is 4.21 Å². The summed E-state index contributed by atoms with van der Waals surface area (Å²) in [5, 5.41) is 3.43. The van der Waals surface area contributed by atoms with Gasteiger partial charge in [-0.1, -0.05) is 50.1 Å². The largest absolute Gasteiger partial charge is 0.309 e. The second kappa shape index (κ2) is 8.44. The van der Waals surface area contributed by atoms with Crippen LogP contribution in [0.5, 0.6) is 0 Å². The van der Waals surface area contributed by atoms with Crippen LogP contribution >= 0.6 is 0 Å². The molecular weight excluding hydrogens is 242 g/mol. The van der Waals surface area contributed by atoms with Crippen molar-refractivity contribution < 1.29 is 4.21 Å². The van der Waals surface area contributed by atoms with Gasteiger partial charge in [0.15, 0.2) is 0 Å². The van der Waals surface area contributed by atoms with E-state index in [-0.39, 0.29) is 6.04 Å². The molecule has 102 valence electrons. The first-order valence-corrected chi connectivity index (χ1v) is 8.31. The molecule has 2 unspecified atom stereocenters. The monoisotopic (exact) mass is 267 g/mol. The Kier molecular flexibility index (Phi) is 7.21. The van der Waals surface area contributed by atoms with Gasteiger partial charge in [0.25, 0.3) is 0 Å². The van der Waals surface area contributed by atoms with Crippen LogP contribution in [-0.4, -0.2) is 22.3 Å². The number of hydrogen-bond donors (Lipinski definition) is 1. The van der Waals surface area contributed by atoms with Crippen LogP contribution in [0.4, 0.5) is 0 Å². The minimum Gasteiger partial charge on any atom is -0.309 e. The summed E-state index contributed by atoms with van der Waals surface area (Å²) < 4.78 is 12.0. The van der Waals surface area contributed by atoms with Crippen LogP contribution < -0.4 is 5.32 Å². The third-order valence-corrected chi connectivity index (χ3v) is 4.46. The maximum absolute atomic E-state index is 12.0. The fraction of sp³-hybridized carbons (Fsp3) is 0.600. The fourth-order valence-electron chi connectivity index (χ4n) is 1.89. The van der Waals surface area contributed by atoms with Crippen LogP contribution in [0.3, 0.4) is 0 Å². The van der Waals surface area contributed by atoms with E-state index in [1.165, 1.54) is 11.1 Å². The average Bonchev–Trinajstić information content (AvgIpc) is 2.37. The van der Waals surface area contributed by atoms with E-state index in [1.54, 1.807) is 0 Å². The van der Waals surface area contributed by atoms with Crippen LogP contribution in [0.15, 0.2) is 24.3 Å². The van der Waals surface area contributed by atoms with Gasteiger partial charge >= 0.3 is 0 Å². The second-order valence-electron chi connectivity index (χ2n) is 4.69. The zero-order valence-electron chi connectivity index (χ0n) is 11.7. The Hall–Kier alpha value is -0.670. The van der Waals surface area contributed by atoms with Crippen LogP contribution in [0.2, 0.25) is 0 Å². The summed E-state index contributed by atoms with van der Waals surface area (Å²) in [4.78, 5) is 0. The Bertz CT molecular complexity index is 361. The predicted octanol–water partition coefficient (Wildman–Crippen LogP) is 3.19. The summed E-state index contributed by atoms with van der Waals surface area (Å²) >= 11 is 0. The van der Waals surface area contributed by atoms with E-state index < -0.39 is 10.8 Å². The minimum absolute atomic E-state index is 0.216. The molecule has 2 nitrogen and oxygen atoms in total. The molecule has 0 fully saturated rings. The lowest BCUT2D eigenvalue weighted by molar-refractivity contribution is 0.593. The lowest BCUT2D eigenvalue weighted by Crippen LogP contribution is -2.26. The maximum Gasteiger partial charge on any atom is 0.0436 e. The van der Waals surface area contributed by atoms with Gasteiger partial charge in [-0.25, -0.2) is 0 Å². The van der Waals surface area contributed by atoms with Crippen LogP contribution in [0.1, 0.15) is 43.9 Å². The van der Waals surface area contributed by atoms with E-state index in [0.717, 1.165) is 30.9 Å². The highest BCUT2D eigenvalue weighted by atomic mass is 32.2. The molecule has 1 aromatic rings. The first-order chi connectivity index (χ1) is 8.67. The van der Waals surface area contributed by atoms with Crippen molar-refractivity contribution in [2.45, 2.75) is 39.7 Å². The highest BCUT2D eigenvalue weighted by Gasteiger charge is 2.13. The number of rotatable bonds is 8. The molecule has 0 aromatic heterocycles. The van der Waals surface area contributed by atoms with E-state index in [0.29, 0.717) is 0 Å². The molecule has 0 bridgehead atoms. The first-order valence-electron chi connectivity index (χ1n) is 6.82. The molecule has 1 rings (SSSR count). The number of nitrogens with one attached hydrogen (secondary N) is 1. The number of benzene rings is 1. The number of aryl methyl sites for hydroxylation is 1. The lowest BCUT2D eigenvalue weighted by Gasteiger charge is -2.18. The molecule has 1 aromatic carbocycles. The summed E-state index contributed by atoms with van der Waals surface area (Å²) in [6, 6.07) is 8.73. The van der Waals surface area contributed by atoms with Gasteiger partial charge in [0.1, 0.15) is 0 Å². The molecule has 0 saturated heterocycles. The lowest BCUT2D eigenvalue weighted by atomic mass is 10.1. The molecule has 0 aliphatic rings. The Morgan fingerprint density at radius 3 is 2.44 bits per heavy atom. The quantitative estimate of drug-likeness (QED) is 0.783. The Labute approximate surface area is 114 Å². The van der Waals surface area contributed by atoms with Crippen LogP contribution in [0.25, 0.3) is 0 Å². The van der Waals surface area contributed by atoms with E-state index in [2.05, 4.69) is 50.4 Å². The van der Waals surface area contributed by atoms with Crippen molar-refractivity contribution in [1.29, 1.82) is 0 Å². The molecule has 18 heavy (non-hydrogen) atoms. The van der Waals surface area contributed by atoms with E-state index >= 15 is 0 Å². The first kappa shape index (κ1) is 15.4. The Morgan fingerprint density at radius 1 is 1.22 bits per heavy atom. The topological polar surface area (TPSA) is 29.1 Å². The molecule has 2 atom stereocenters. The molecule has 0 aliphatic heterocycles. The summed E-state index contributed by atoms with van der Waals surface area (Å²) in [7, 11) is -0.720. The Balaban J connectivity index is 2.64. The molecule has 3 heteroatoms. The molecule has 0 amide bonds. The van der Waals surface area contributed by atoms with Gasteiger partial charge in [-0.15, -0.1) is 0 Å². The summed E-state index contributed by atoms with van der Waals surface area (Å²) in [5.41, 5.74) is 2.51. The van der Waals surface area contributed by atoms with E-state index in [4.69, 9.17) is 0 Å². The van der Waals surface area contributed by atoms with Gasteiger partial charge < -0.3 is 5.32 Å². The third kappa shape index (κ3) is 5.32. The van der Waals surface area contributed by atoms with E-state index in [1.807, 2.05) is 0 Å². The Morgan fingerprint density at radius 2 is 1.89 bits per heavy atom. The minimum atomic E-state index is -0.720. The van der Waals surface area contributed by atoms with Crippen LogP contribution in [0, 0.1) is 6.92 Å². The average molecular weight is 267 g/mol. The van der Waals surface area contributed by atoms with Crippen molar-refractivity contribution in [3.8, 4) is 0 Å². The third-order valence-electron chi connectivity index (χ3n) is 3.01. The van der Waals surface area contributed by atoms with Crippen molar-refractivity contribution >= 4 is 10.8 Å². The van der Waals surface area contributed by atoms with Crippen molar-refractivity contribution in [3.05, 3.63) is 35.4 Å². The molecule has 0 aliphatic carbocycles. The highest BCUT2D eigenvalue weighted by molar-refractivity contribution is 7.85. The SMILES string of the molecule is CCCCS(=O)CC(NCC)c1ccc(C)cc1. The number of unbranched alkanes of at least 4 members (excludes halogenated alkanes) is 1. The molecular formula is C15H25NOS. The smallest absolute Gasteiger partial charge is 0.0436 e. The van der Waals surface area contributed by atoms with Gasteiger partial charge in [0.05, 0.1) is 0 Å². The normalized spacial score (nSPS) is 14.4. The van der Waals surface area contributed by atoms with Crippen LogP contribution in [-0.2, 0) is 10.8 Å². The highest BCUT2D eigenvalue weighted by Crippen LogP contribution is 2.15.